The summed E-state index contributed by atoms with van der Waals surface area (Å²) in [7, 11) is 0. The number of piperidine rings is 1. The maximum absolute atomic E-state index is 12.3. The van der Waals surface area contributed by atoms with E-state index in [1.165, 1.54) is 6.42 Å². The van der Waals surface area contributed by atoms with Gasteiger partial charge in [0.2, 0.25) is 5.91 Å². The number of nitrogens with zero attached hydrogens (tertiary/aromatic N) is 1. The Morgan fingerprint density at radius 2 is 1.74 bits per heavy atom. The van der Waals surface area contributed by atoms with Gasteiger partial charge in [0, 0.05) is 13.1 Å². The molecule has 1 unspecified atom stereocenters. The summed E-state index contributed by atoms with van der Waals surface area (Å²) in [6.07, 6.45) is 4.20. The summed E-state index contributed by atoms with van der Waals surface area (Å²) in [4.78, 5) is 25.6. The van der Waals surface area contributed by atoms with Gasteiger partial charge in [-0.05, 0) is 39.0 Å². The summed E-state index contributed by atoms with van der Waals surface area (Å²) in [5.41, 5.74) is -0.995. The van der Waals surface area contributed by atoms with Crippen molar-refractivity contribution in [3.63, 3.8) is 0 Å². The first kappa shape index (κ1) is 16.0. The van der Waals surface area contributed by atoms with E-state index in [1.54, 1.807) is 6.92 Å². The van der Waals surface area contributed by atoms with Crippen LogP contribution in [0.2, 0.25) is 0 Å². The SMILES string of the molecule is CCC(CC)(NC(C)C(=O)N1CCCCC1)C(=O)O. The van der Waals surface area contributed by atoms with Crippen molar-refractivity contribution in [3.8, 4) is 0 Å². The number of aliphatic carboxylic acids is 1. The van der Waals surface area contributed by atoms with Crippen molar-refractivity contribution in [2.24, 2.45) is 0 Å². The Kier molecular flexibility index (Phi) is 5.79. The first-order valence-corrected chi connectivity index (χ1v) is 7.26. The zero-order chi connectivity index (χ0) is 14.5. The van der Waals surface area contributed by atoms with Gasteiger partial charge in [-0.1, -0.05) is 13.8 Å². The Morgan fingerprint density at radius 3 is 2.16 bits per heavy atom. The number of carboxylic acids is 1. The number of amides is 1. The van der Waals surface area contributed by atoms with Crippen LogP contribution in [0.5, 0.6) is 0 Å². The molecule has 0 aliphatic carbocycles. The van der Waals surface area contributed by atoms with Gasteiger partial charge in [0.25, 0.3) is 0 Å². The average Bonchev–Trinajstić information content (AvgIpc) is 2.44. The second-order valence-electron chi connectivity index (χ2n) is 5.35. The number of nitrogens with one attached hydrogen (secondary N) is 1. The lowest BCUT2D eigenvalue weighted by molar-refractivity contribution is -0.146. The standard InChI is InChI=1S/C14H26N2O3/c1-4-14(5-2,13(18)19)15-11(3)12(17)16-9-7-6-8-10-16/h11,15H,4-10H2,1-3H3,(H,18,19). The fourth-order valence-corrected chi connectivity index (χ4v) is 2.68. The Hall–Kier alpha value is -1.10. The quantitative estimate of drug-likeness (QED) is 0.769. The third-order valence-corrected chi connectivity index (χ3v) is 4.15. The highest BCUT2D eigenvalue weighted by Crippen LogP contribution is 2.18. The second kappa shape index (κ2) is 6.89. The van der Waals surface area contributed by atoms with Crippen LogP contribution in [0.15, 0.2) is 0 Å². The van der Waals surface area contributed by atoms with Crippen molar-refractivity contribution in [1.82, 2.24) is 10.2 Å². The maximum Gasteiger partial charge on any atom is 0.323 e. The average molecular weight is 270 g/mol. The molecule has 110 valence electrons. The van der Waals surface area contributed by atoms with Gasteiger partial charge in [0.15, 0.2) is 0 Å². The first-order valence-electron chi connectivity index (χ1n) is 7.26. The number of rotatable bonds is 6. The lowest BCUT2D eigenvalue weighted by Gasteiger charge is -2.35. The largest absolute Gasteiger partial charge is 0.480 e. The van der Waals surface area contributed by atoms with Crippen LogP contribution < -0.4 is 5.32 Å². The molecule has 0 aromatic heterocycles. The van der Waals surface area contributed by atoms with Crippen LogP contribution in [-0.2, 0) is 9.59 Å². The third kappa shape index (κ3) is 3.69. The van der Waals surface area contributed by atoms with Gasteiger partial charge in [-0.2, -0.15) is 0 Å². The Labute approximate surface area is 115 Å². The predicted molar refractivity (Wildman–Crippen MR) is 74.0 cm³/mol. The molecule has 1 aliphatic heterocycles. The van der Waals surface area contributed by atoms with Gasteiger partial charge in [-0.3, -0.25) is 14.9 Å². The fourth-order valence-electron chi connectivity index (χ4n) is 2.68. The van der Waals surface area contributed by atoms with Crippen molar-refractivity contribution in [2.75, 3.05) is 13.1 Å². The molecule has 1 amide bonds. The van der Waals surface area contributed by atoms with E-state index in [2.05, 4.69) is 5.32 Å². The van der Waals surface area contributed by atoms with Crippen molar-refractivity contribution in [1.29, 1.82) is 0 Å². The van der Waals surface area contributed by atoms with Gasteiger partial charge in [-0.25, -0.2) is 0 Å². The summed E-state index contributed by atoms with van der Waals surface area (Å²) in [5, 5.41) is 12.4. The summed E-state index contributed by atoms with van der Waals surface area (Å²) < 4.78 is 0. The summed E-state index contributed by atoms with van der Waals surface area (Å²) in [5.74, 6) is -0.858. The number of hydrogen-bond acceptors (Lipinski definition) is 3. The van der Waals surface area contributed by atoms with Crippen LogP contribution in [0.3, 0.4) is 0 Å². The molecule has 0 saturated carbocycles. The minimum absolute atomic E-state index is 0.0206. The zero-order valence-corrected chi connectivity index (χ0v) is 12.2. The van der Waals surface area contributed by atoms with Gasteiger partial charge < -0.3 is 10.0 Å². The van der Waals surface area contributed by atoms with Crippen LogP contribution in [-0.4, -0.2) is 46.6 Å². The van der Waals surface area contributed by atoms with Crippen LogP contribution >= 0.6 is 0 Å². The highest BCUT2D eigenvalue weighted by molar-refractivity contribution is 5.84. The monoisotopic (exact) mass is 270 g/mol. The smallest absolute Gasteiger partial charge is 0.323 e. The molecule has 0 spiro atoms. The highest BCUT2D eigenvalue weighted by Gasteiger charge is 2.38. The van der Waals surface area contributed by atoms with Gasteiger partial charge in [0.1, 0.15) is 5.54 Å². The normalized spacial score (nSPS) is 18.2. The molecular weight excluding hydrogens is 244 g/mol. The molecule has 2 N–H and O–H groups in total. The maximum atomic E-state index is 12.3. The molecule has 1 saturated heterocycles. The summed E-state index contributed by atoms with van der Waals surface area (Å²) in [6, 6.07) is -0.450. The van der Waals surface area contributed by atoms with Crippen molar-refractivity contribution in [3.05, 3.63) is 0 Å². The Morgan fingerprint density at radius 1 is 1.21 bits per heavy atom. The van der Waals surface area contributed by atoms with E-state index in [9.17, 15) is 14.7 Å². The van der Waals surface area contributed by atoms with E-state index in [4.69, 9.17) is 0 Å². The minimum Gasteiger partial charge on any atom is -0.480 e. The van der Waals surface area contributed by atoms with E-state index in [-0.39, 0.29) is 5.91 Å². The van der Waals surface area contributed by atoms with E-state index in [0.717, 1.165) is 25.9 Å². The van der Waals surface area contributed by atoms with Crippen molar-refractivity contribution in [2.45, 2.75) is 64.5 Å². The molecule has 1 heterocycles. The minimum atomic E-state index is -0.995. The molecule has 0 aromatic rings. The van der Waals surface area contributed by atoms with Crippen LogP contribution in [0.4, 0.5) is 0 Å². The topological polar surface area (TPSA) is 69.6 Å². The van der Waals surface area contributed by atoms with Crippen LogP contribution in [0.1, 0.15) is 52.9 Å². The van der Waals surface area contributed by atoms with Gasteiger partial charge in [0.05, 0.1) is 6.04 Å². The zero-order valence-electron chi connectivity index (χ0n) is 12.2. The van der Waals surface area contributed by atoms with Crippen molar-refractivity contribution >= 4 is 11.9 Å². The summed E-state index contributed by atoms with van der Waals surface area (Å²) in [6.45, 7) is 7.03. The second-order valence-corrected chi connectivity index (χ2v) is 5.35. The van der Waals surface area contributed by atoms with Gasteiger partial charge >= 0.3 is 5.97 Å². The Balaban J connectivity index is 2.68. The molecule has 5 heteroatoms. The molecule has 1 aliphatic rings. The van der Waals surface area contributed by atoms with Crippen LogP contribution in [0.25, 0.3) is 0 Å². The molecule has 0 aromatic carbocycles. The molecule has 1 fully saturated rings. The molecule has 0 bridgehead atoms. The van der Waals surface area contributed by atoms with Crippen molar-refractivity contribution < 1.29 is 14.7 Å². The Bertz CT molecular complexity index is 321. The van der Waals surface area contributed by atoms with E-state index in [1.807, 2.05) is 18.7 Å². The molecule has 5 nitrogen and oxygen atoms in total. The molecule has 0 radical (unpaired) electrons. The fraction of sp³-hybridized carbons (Fsp3) is 0.857. The number of carboxylic acid groups (broad SMARTS) is 1. The van der Waals surface area contributed by atoms with Crippen LogP contribution in [0, 0.1) is 0 Å². The first-order chi connectivity index (χ1) is 8.96. The third-order valence-electron chi connectivity index (χ3n) is 4.15. The molecule has 19 heavy (non-hydrogen) atoms. The van der Waals surface area contributed by atoms with Gasteiger partial charge in [-0.15, -0.1) is 0 Å². The number of likely N-dealkylation sites (tertiary alicyclic amines) is 1. The molecule has 1 atom stereocenters. The van der Waals surface area contributed by atoms with E-state index < -0.39 is 17.6 Å². The summed E-state index contributed by atoms with van der Waals surface area (Å²) >= 11 is 0. The highest BCUT2D eigenvalue weighted by atomic mass is 16.4. The lowest BCUT2D eigenvalue weighted by atomic mass is 9.91. The lowest BCUT2D eigenvalue weighted by Crippen LogP contribution is -2.59. The molecular formula is C14H26N2O3. The molecule has 1 rings (SSSR count). The number of hydrogen-bond donors (Lipinski definition) is 2. The van der Waals surface area contributed by atoms with E-state index in [0.29, 0.717) is 12.8 Å². The predicted octanol–water partition coefficient (Wildman–Crippen LogP) is 1.62. The van der Waals surface area contributed by atoms with E-state index >= 15 is 0 Å². The number of carbonyl (C=O) groups excluding carboxylic acids is 1. The number of carbonyl (C=O) groups is 2.